The lowest BCUT2D eigenvalue weighted by molar-refractivity contribution is -0.115. The zero-order valence-corrected chi connectivity index (χ0v) is 20.9. The van der Waals surface area contributed by atoms with Crippen molar-refractivity contribution < 1.29 is 26.9 Å². The normalized spacial score (nSPS) is 12.1. The Kier molecular flexibility index (Phi) is 8.46. The third kappa shape index (κ3) is 6.68. The second kappa shape index (κ2) is 11.3. The molecule has 0 spiro atoms. The zero-order valence-electron chi connectivity index (χ0n) is 19.2. The van der Waals surface area contributed by atoms with Crippen LogP contribution in [-0.4, -0.2) is 38.5 Å². The van der Waals surface area contributed by atoms with E-state index >= 15 is 0 Å². The average molecular weight is 502 g/mol. The minimum Gasteiger partial charge on any atom is -0.497 e. The quantitative estimate of drug-likeness (QED) is 0.449. The van der Waals surface area contributed by atoms with Gasteiger partial charge in [-0.25, -0.2) is 8.42 Å². The van der Waals surface area contributed by atoms with Gasteiger partial charge in [-0.15, -0.1) is 0 Å². The Labute approximate surface area is 202 Å². The lowest BCUT2D eigenvalue weighted by Gasteiger charge is -2.12. The number of hydrogen-bond acceptors (Lipinski definition) is 6. The third-order valence-electron chi connectivity index (χ3n) is 5.13. The van der Waals surface area contributed by atoms with E-state index in [1.165, 1.54) is 38.5 Å². The van der Waals surface area contributed by atoms with E-state index in [9.17, 15) is 17.4 Å². The van der Waals surface area contributed by atoms with Crippen molar-refractivity contribution in [1.29, 1.82) is 0 Å². The standard InChI is InChI=1S/C25H27NO6S2/c1-18-4-9-22(10-5-18)33(28)15-14-25(27)26-20-6-11-23(12-7-20)34(29,30)17-19-16-21(31-2)8-13-24(19)32-3/h4-13,16H,14-15,17H2,1-3H3,(H,26,27). The van der Waals surface area contributed by atoms with E-state index < -0.39 is 20.6 Å². The fourth-order valence-electron chi connectivity index (χ4n) is 3.25. The van der Waals surface area contributed by atoms with Gasteiger partial charge in [0.2, 0.25) is 5.91 Å². The molecule has 0 saturated carbocycles. The molecule has 0 radical (unpaired) electrons. The summed E-state index contributed by atoms with van der Waals surface area (Å²) in [6, 6.07) is 18.3. The largest absolute Gasteiger partial charge is 0.497 e. The van der Waals surface area contributed by atoms with Crippen molar-refractivity contribution in [3.63, 3.8) is 0 Å². The van der Waals surface area contributed by atoms with Crippen molar-refractivity contribution in [2.45, 2.75) is 28.9 Å². The molecule has 0 aliphatic heterocycles. The number of sulfone groups is 1. The van der Waals surface area contributed by atoms with Gasteiger partial charge in [0.05, 0.1) is 35.7 Å². The Morgan fingerprint density at radius 3 is 2.24 bits per heavy atom. The maximum Gasteiger partial charge on any atom is 0.225 e. The average Bonchev–Trinajstić information content (AvgIpc) is 2.83. The van der Waals surface area contributed by atoms with Crippen molar-refractivity contribution in [3.8, 4) is 11.5 Å². The van der Waals surface area contributed by atoms with E-state index in [-0.39, 0.29) is 28.7 Å². The summed E-state index contributed by atoms with van der Waals surface area (Å²) < 4.78 is 48.6. The molecular weight excluding hydrogens is 474 g/mol. The summed E-state index contributed by atoms with van der Waals surface area (Å²) in [5.74, 6) is 0.633. The summed E-state index contributed by atoms with van der Waals surface area (Å²) in [4.78, 5) is 13.1. The minimum absolute atomic E-state index is 0.0795. The van der Waals surface area contributed by atoms with Crippen molar-refractivity contribution in [2.75, 3.05) is 25.3 Å². The number of anilines is 1. The molecule has 180 valence electrons. The molecule has 0 aromatic heterocycles. The minimum atomic E-state index is -3.66. The predicted octanol–water partition coefficient (Wildman–Crippen LogP) is 4.12. The number of ether oxygens (including phenoxy) is 2. The van der Waals surface area contributed by atoms with Crippen LogP contribution in [-0.2, 0) is 31.2 Å². The van der Waals surface area contributed by atoms with Crippen LogP contribution >= 0.6 is 0 Å². The van der Waals surface area contributed by atoms with Crippen LogP contribution in [0.2, 0.25) is 0 Å². The van der Waals surface area contributed by atoms with Crippen molar-refractivity contribution >= 4 is 32.2 Å². The van der Waals surface area contributed by atoms with Gasteiger partial charge in [0, 0.05) is 28.3 Å². The maximum absolute atomic E-state index is 12.9. The molecule has 0 aliphatic rings. The summed E-state index contributed by atoms with van der Waals surface area (Å²) >= 11 is 0. The summed E-state index contributed by atoms with van der Waals surface area (Å²) in [6.45, 7) is 1.95. The molecule has 0 heterocycles. The van der Waals surface area contributed by atoms with Gasteiger partial charge in [0.25, 0.3) is 0 Å². The van der Waals surface area contributed by atoms with Crippen LogP contribution in [0.25, 0.3) is 0 Å². The molecular formula is C25H27NO6S2. The van der Waals surface area contributed by atoms with E-state index in [1.807, 2.05) is 19.1 Å². The van der Waals surface area contributed by atoms with Crippen LogP contribution in [0.5, 0.6) is 11.5 Å². The van der Waals surface area contributed by atoms with E-state index in [0.717, 1.165) is 5.56 Å². The SMILES string of the molecule is COc1ccc(OC)c(CS(=O)(=O)c2ccc(NC(=O)CCS(=O)c3ccc(C)cc3)cc2)c1. The fraction of sp³-hybridized carbons (Fsp3) is 0.240. The highest BCUT2D eigenvalue weighted by Gasteiger charge is 2.19. The molecule has 0 saturated heterocycles. The van der Waals surface area contributed by atoms with Crippen LogP contribution in [0, 0.1) is 6.92 Å². The number of aryl methyl sites for hydroxylation is 1. The third-order valence-corrected chi connectivity index (χ3v) is 8.18. The second-order valence-electron chi connectivity index (χ2n) is 7.62. The first-order valence-electron chi connectivity index (χ1n) is 10.5. The molecule has 3 rings (SSSR count). The highest BCUT2D eigenvalue weighted by atomic mass is 32.2. The first-order chi connectivity index (χ1) is 16.2. The first-order valence-corrected chi connectivity index (χ1v) is 13.5. The monoisotopic (exact) mass is 501 g/mol. The summed E-state index contributed by atoms with van der Waals surface area (Å²) in [6.07, 6.45) is 0.0795. The van der Waals surface area contributed by atoms with E-state index in [2.05, 4.69) is 5.32 Å². The second-order valence-corrected chi connectivity index (χ2v) is 11.2. The Morgan fingerprint density at radius 1 is 0.941 bits per heavy atom. The highest BCUT2D eigenvalue weighted by molar-refractivity contribution is 7.90. The molecule has 34 heavy (non-hydrogen) atoms. The Hall–Kier alpha value is -3.17. The number of rotatable bonds is 10. The lowest BCUT2D eigenvalue weighted by atomic mass is 10.2. The van der Waals surface area contributed by atoms with Gasteiger partial charge in [-0.2, -0.15) is 0 Å². The molecule has 7 nitrogen and oxygen atoms in total. The molecule has 9 heteroatoms. The summed E-state index contributed by atoms with van der Waals surface area (Å²) in [5, 5.41) is 2.71. The van der Waals surface area contributed by atoms with Gasteiger partial charge in [0.15, 0.2) is 9.84 Å². The van der Waals surface area contributed by atoms with Crippen molar-refractivity contribution in [2.24, 2.45) is 0 Å². The molecule has 1 amide bonds. The molecule has 0 bridgehead atoms. The van der Waals surface area contributed by atoms with Crippen LogP contribution < -0.4 is 14.8 Å². The van der Waals surface area contributed by atoms with Gasteiger partial charge in [-0.05, 0) is 61.5 Å². The van der Waals surface area contributed by atoms with E-state index in [4.69, 9.17) is 9.47 Å². The maximum atomic E-state index is 12.9. The number of nitrogens with one attached hydrogen (secondary N) is 1. The Bertz CT molecular complexity index is 1270. The molecule has 3 aromatic rings. The number of hydrogen-bond donors (Lipinski definition) is 1. The Morgan fingerprint density at radius 2 is 1.62 bits per heavy atom. The Balaban J connectivity index is 1.61. The lowest BCUT2D eigenvalue weighted by Crippen LogP contribution is -2.15. The van der Waals surface area contributed by atoms with Gasteiger partial charge in [0.1, 0.15) is 11.5 Å². The van der Waals surface area contributed by atoms with Crippen LogP contribution in [0.3, 0.4) is 0 Å². The fourth-order valence-corrected chi connectivity index (χ4v) is 5.64. The number of methoxy groups -OCH3 is 2. The van der Waals surface area contributed by atoms with Crippen molar-refractivity contribution in [1.82, 2.24) is 0 Å². The van der Waals surface area contributed by atoms with Gasteiger partial charge in [-0.3, -0.25) is 9.00 Å². The molecule has 0 fully saturated rings. The van der Waals surface area contributed by atoms with E-state index in [1.54, 1.807) is 30.3 Å². The van der Waals surface area contributed by atoms with Crippen LogP contribution in [0.15, 0.2) is 76.5 Å². The van der Waals surface area contributed by atoms with E-state index in [0.29, 0.717) is 27.6 Å². The summed E-state index contributed by atoms with van der Waals surface area (Å²) in [5.41, 5.74) is 2.02. The smallest absolute Gasteiger partial charge is 0.225 e. The molecule has 1 unspecified atom stereocenters. The van der Waals surface area contributed by atoms with Gasteiger partial charge < -0.3 is 14.8 Å². The number of carbonyl (C=O) groups excluding carboxylic acids is 1. The van der Waals surface area contributed by atoms with Crippen molar-refractivity contribution in [3.05, 3.63) is 77.9 Å². The van der Waals surface area contributed by atoms with Crippen LogP contribution in [0.4, 0.5) is 5.69 Å². The number of benzene rings is 3. The molecule has 1 N–H and O–H groups in total. The molecule has 1 atom stereocenters. The van der Waals surface area contributed by atoms with Gasteiger partial charge in [-0.1, -0.05) is 17.7 Å². The molecule has 0 aliphatic carbocycles. The summed E-state index contributed by atoms with van der Waals surface area (Å²) in [7, 11) is -1.94. The topological polar surface area (TPSA) is 98.8 Å². The highest BCUT2D eigenvalue weighted by Crippen LogP contribution is 2.28. The number of carbonyl (C=O) groups is 1. The number of amides is 1. The first kappa shape index (κ1) is 25.5. The zero-order chi connectivity index (χ0) is 24.7. The molecule has 3 aromatic carbocycles. The van der Waals surface area contributed by atoms with Crippen LogP contribution in [0.1, 0.15) is 17.5 Å². The van der Waals surface area contributed by atoms with Gasteiger partial charge >= 0.3 is 0 Å². The predicted molar refractivity (Wildman–Crippen MR) is 133 cm³/mol.